The Kier molecular flexibility index (Phi) is 5.18. The lowest BCUT2D eigenvalue weighted by Crippen LogP contribution is -2.41. The van der Waals surface area contributed by atoms with E-state index < -0.39 is 0 Å². The first-order valence-electron chi connectivity index (χ1n) is 8.56. The Hall–Kier alpha value is -2.30. The van der Waals surface area contributed by atoms with Gasteiger partial charge in [-0.05, 0) is 43.7 Å². The van der Waals surface area contributed by atoms with Crippen LogP contribution in [0.25, 0.3) is 0 Å². The number of nitrogens with one attached hydrogen (secondary N) is 1. The van der Waals surface area contributed by atoms with Crippen molar-refractivity contribution >= 4 is 5.91 Å². The molecule has 24 heavy (non-hydrogen) atoms. The molecule has 1 aromatic carbocycles. The highest BCUT2D eigenvalue weighted by Crippen LogP contribution is 2.23. The Morgan fingerprint density at radius 1 is 1.42 bits per heavy atom. The van der Waals surface area contributed by atoms with Gasteiger partial charge in [-0.15, -0.1) is 0 Å². The average Bonchev–Trinajstić information content (AvgIpc) is 3.00. The Morgan fingerprint density at radius 3 is 3.00 bits per heavy atom. The van der Waals surface area contributed by atoms with Crippen LogP contribution >= 0.6 is 0 Å². The summed E-state index contributed by atoms with van der Waals surface area (Å²) >= 11 is 0. The zero-order valence-corrected chi connectivity index (χ0v) is 14.4. The third-order valence-electron chi connectivity index (χ3n) is 4.83. The number of hydrogen-bond acceptors (Lipinski definition) is 3. The summed E-state index contributed by atoms with van der Waals surface area (Å²) in [5.41, 5.74) is 3.35. The zero-order chi connectivity index (χ0) is 16.9. The highest BCUT2D eigenvalue weighted by molar-refractivity contribution is 5.79. The molecule has 0 aliphatic carbocycles. The van der Waals surface area contributed by atoms with Gasteiger partial charge in [0.25, 0.3) is 0 Å². The molecule has 5 nitrogen and oxygen atoms in total. The molecule has 1 aliphatic rings. The van der Waals surface area contributed by atoms with Crippen molar-refractivity contribution in [1.82, 2.24) is 15.1 Å². The summed E-state index contributed by atoms with van der Waals surface area (Å²) in [5.74, 6) is 1.47. The summed E-state index contributed by atoms with van der Waals surface area (Å²) in [6, 6.07) is 7.75. The van der Waals surface area contributed by atoms with E-state index in [2.05, 4.69) is 17.1 Å². The molecular formula is C19H25N3O2. The number of methoxy groups -OCH3 is 1. The van der Waals surface area contributed by atoms with Crippen molar-refractivity contribution in [1.29, 1.82) is 0 Å². The fourth-order valence-corrected chi connectivity index (χ4v) is 3.45. The third kappa shape index (κ3) is 3.78. The van der Waals surface area contributed by atoms with Gasteiger partial charge in [-0.2, -0.15) is 5.10 Å². The molecule has 1 amide bonds. The number of aromatic amines is 1. The predicted molar refractivity (Wildman–Crippen MR) is 93.0 cm³/mol. The van der Waals surface area contributed by atoms with Gasteiger partial charge in [0.1, 0.15) is 5.75 Å². The number of hydrogen-bond donors (Lipinski definition) is 1. The van der Waals surface area contributed by atoms with Crippen molar-refractivity contribution in [3.8, 4) is 5.75 Å². The van der Waals surface area contributed by atoms with Crippen LogP contribution in [0.5, 0.6) is 5.75 Å². The van der Waals surface area contributed by atoms with E-state index in [1.165, 1.54) is 11.3 Å². The van der Waals surface area contributed by atoms with Gasteiger partial charge >= 0.3 is 0 Å². The highest BCUT2D eigenvalue weighted by atomic mass is 16.5. The summed E-state index contributed by atoms with van der Waals surface area (Å²) in [6.45, 7) is 3.76. The molecule has 128 valence electrons. The van der Waals surface area contributed by atoms with E-state index in [0.29, 0.717) is 12.3 Å². The summed E-state index contributed by atoms with van der Waals surface area (Å²) in [4.78, 5) is 14.7. The molecule has 1 fully saturated rings. The number of carbonyl (C=O) groups is 1. The average molecular weight is 327 g/mol. The van der Waals surface area contributed by atoms with Crippen LogP contribution in [0, 0.1) is 12.8 Å². The zero-order valence-electron chi connectivity index (χ0n) is 14.4. The Balaban J connectivity index is 1.61. The van der Waals surface area contributed by atoms with Crippen LogP contribution in [0.4, 0.5) is 0 Å². The van der Waals surface area contributed by atoms with Gasteiger partial charge in [-0.1, -0.05) is 18.2 Å². The Morgan fingerprint density at radius 2 is 2.25 bits per heavy atom. The molecular weight excluding hydrogens is 302 g/mol. The first-order valence-corrected chi connectivity index (χ1v) is 8.56. The maximum atomic E-state index is 12.7. The van der Waals surface area contributed by atoms with Crippen molar-refractivity contribution in [2.45, 2.75) is 32.6 Å². The van der Waals surface area contributed by atoms with Crippen molar-refractivity contribution in [3.63, 3.8) is 0 Å². The molecule has 0 unspecified atom stereocenters. The number of rotatable bonds is 5. The van der Waals surface area contributed by atoms with Gasteiger partial charge in [0.2, 0.25) is 5.91 Å². The molecule has 2 aromatic rings. The summed E-state index contributed by atoms with van der Waals surface area (Å²) in [7, 11) is 1.65. The number of H-pyrrole nitrogens is 1. The standard InChI is InChI=1S/C19H25N3O2/c1-14-12-20-21-17(14)10-15-6-5-9-22(13-15)19(23)11-16-7-3-4-8-18(16)24-2/h3-4,7-8,12,15H,5-6,9-11,13H2,1-2H3,(H,20,21)/t15-/m1/s1. The molecule has 1 saturated heterocycles. The number of piperidine rings is 1. The number of nitrogens with zero attached hydrogens (tertiary/aromatic N) is 2. The van der Waals surface area contributed by atoms with Crippen LogP contribution < -0.4 is 4.74 Å². The summed E-state index contributed by atoms with van der Waals surface area (Å²) in [6.07, 6.45) is 5.46. The number of para-hydroxylation sites is 1. The van der Waals surface area contributed by atoms with Crippen molar-refractivity contribution in [2.24, 2.45) is 5.92 Å². The lowest BCUT2D eigenvalue weighted by atomic mass is 9.92. The number of ether oxygens (including phenoxy) is 1. The van der Waals surface area contributed by atoms with E-state index in [-0.39, 0.29) is 5.91 Å². The van der Waals surface area contributed by atoms with E-state index in [1.54, 1.807) is 7.11 Å². The maximum Gasteiger partial charge on any atom is 0.227 e. The Bertz CT molecular complexity index is 695. The van der Waals surface area contributed by atoms with Gasteiger partial charge in [0.15, 0.2) is 0 Å². The number of carbonyl (C=O) groups excluding carboxylic acids is 1. The van der Waals surface area contributed by atoms with Crippen LogP contribution in [-0.2, 0) is 17.6 Å². The maximum absolute atomic E-state index is 12.7. The second-order valence-electron chi connectivity index (χ2n) is 6.57. The first-order chi connectivity index (χ1) is 11.7. The monoisotopic (exact) mass is 327 g/mol. The fourth-order valence-electron chi connectivity index (χ4n) is 3.45. The molecule has 0 bridgehead atoms. The lowest BCUT2D eigenvalue weighted by Gasteiger charge is -2.33. The lowest BCUT2D eigenvalue weighted by molar-refractivity contribution is -0.132. The topological polar surface area (TPSA) is 58.2 Å². The quantitative estimate of drug-likeness (QED) is 0.918. The van der Waals surface area contributed by atoms with Gasteiger partial charge in [0.05, 0.1) is 19.7 Å². The predicted octanol–water partition coefficient (Wildman–Crippen LogP) is 2.75. The molecule has 1 N–H and O–H groups in total. The second-order valence-corrected chi connectivity index (χ2v) is 6.57. The van der Waals surface area contributed by atoms with E-state index in [4.69, 9.17) is 4.74 Å². The minimum absolute atomic E-state index is 0.186. The van der Waals surface area contributed by atoms with Crippen molar-refractivity contribution < 1.29 is 9.53 Å². The highest BCUT2D eigenvalue weighted by Gasteiger charge is 2.25. The van der Waals surface area contributed by atoms with E-state index in [0.717, 1.165) is 43.7 Å². The van der Waals surface area contributed by atoms with Gasteiger partial charge in [-0.25, -0.2) is 0 Å². The van der Waals surface area contributed by atoms with Crippen LogP contribution in [0.15, 0.2) is 30.5 Å². The normalized spacial score (nSPS) is 17.8. The first kappa shape index (κ1) is 16.6. The number of benzene rings is 1. The molecule has 1 aliphatic heterocycles. The minimum atomic E-state index is 0.186. The van der Waals surface area contributed by atoms with Gasteiger partial charge in [-0.3, -0.25) is 9.89 Å². The number of aryl methyl sites for hydroxylation is 1. The summed E-state index contributed by atoms with van der Waals surface area (Å²) in [5, 5.41) is 7.18. The van der Waals surface area contributed by atoms with Crippen LogP contribution in [0.3, 0.4) is 0 Å². The van der Waals surface area contributed by atoms with Crippen LogP contribution in [0.1, 0.15) is 29.7 Å². The molecule has 1 atom stereocenters. The van der Waals surface area contributed by atoms with E-state index in [9.17, 15) is 4.79 Å². The van der Waals surface area contributed by atoms with Gasteiger partial charge < -0.3 is 9.64 Å². The Labute approximate surface area is 143 Å². The van der Waals surface area contributed by atoms with Crippen LogP contribution in [0.2, 0.25) is 0 Å². The van der Waals surface area contributed by atoms with Crippen molar-refractivity contribution in [2.75, 3.05) is 20.2 Å². The largest absolute Gasteiger partial charge is 0.496 e. The molecule has 1 aromatic heterocycles. The third-order valence-corrected chi connectivity index (χ3v) is 4.83. The molecule has 0 saturated carbocycles. The second kappa shape index (κ2) is 7.51. The van der Waals surface area contributed by atoms with Crippen molar-refractivity contribution in [3.05, 3.63) is 47.3 Å². The van der Waals surface area contributed by atoms with E-state index >= 15 is 0 Å². The van der Waals surface area contributed by atoms with E-state index in [1.807, 2.05) is 35.4 Å². The minimum Gasteiger partial charge on any atom is -0.496 e. The molecule has 2 heterocycles. The molecule has 3 rings (SSSR count). The fraction of sp³-hybridized carbons (Fsp3) is 0.474. The molecule has 5 heteroatoms. The number of aromatic nitrogens is 2. The van der Waals surface area contributed by atoms with Crippen LogP contribution in [-0.4, -0.2) is 41.2 Å². The number of likely N-dealkylation sites (tertiary alicyclic amines) is 1. The molecule has 0 spiro atoms. The SMILES string of the molecule is COc1ccccc1CC(=O)N1CCC[C@H](Cc2[nH]ncc2C)C1. The smallest absolute Gasteiger partial charge is 0.227 e. The summed E-state index contributed by atoms with van der Waals surface area (Å²) < 4.78 is 5.36. The molecule has 0 radical (unpaired) electrons. The van der Waals surface area contributed by atoms with Gasteiger partial charge in [0, 0.05) is 24.3 Å². The number of amides is 1.